The molecule has 0 aromatic heterocycles. The van der Waals surface area contributed by atoms with E-state index in [9.17, 15) is 18.0 Å². The van der Waals surface area contributed by atoms with Gasteiger partial charge in [-0.15, -0.1) is 0 Å². The normalized spacial score (nSPS) is 15.9. The van der Waals surface area contributed by atoms with Gasteiger partial charge in [-0.25, -0.2) is 13.1 Å². The molecule has 9 heteroatoms. The van der Waals surface area contributed by atoms with Crippen molar-refractivity contribution in [2.75, 3.05) is 52.9 Å². The minimum Gasteiger partial charge on any atom is -0.356 e. The molecule has 0 aliphatic carbocycles. The van der Waals surface area contributed by atoms with Crippen molar-refractivity contribution >= 4 is 21.7 Å². The number of Topliss-reactive ketones (excluding diaryl/α,β-unsaturated/α-hetero) is 1. The van der Waals surface area contributed by atoms with Crippen LogP contribution in [-0.2, 0) is 14.8 Å². The lowest BCUT2D eigenvalue weighted by Crippen LogP contribution is -2.44. The molecule has 1 saturated heterocycles. The first-order valence-electron chi connectivity index (χ1n) is 10.1. The molecule has 0 radical (unpaired) electrons. The van der Waals surface area contributed by atoms with Crippen molar-refractivity contribution in [3.05, 3.63) is 29.8 Å². The Labute approximate surface area is 173 Å². The zero-order valence-electron chi connectivity index (χ0n) is 17.3. The van der Waals surface area contributed by atoms with Gasteiger partial charge < -0.3 is 15.1 Å². The van der Waals surface area contributed by atoms with Crippen LogP contribution in [0.4, 0.5) is 0 Å². The van der Waals surface area contributed by atoms with Crippen LogP contribution in [-0.4, -0.2) is 82.8 Å². The Morgan fingerprint density at radius 2 is 1.66 bits per heavy atom. The van der Waals surface area contributed by atoms with E-state index >= 15 is 0 Å². The molecular formula is C20H32N4O4S. The molecule has 1 heterocycles. The molecule has 1 aromatic carbocycles. The highest BCUT2D eigenvalue weighted by molar-refractivity contribution is 7.89. The summed E-state index contributed by atoms with van der Waals surface area (Å²) >= 11 is 0. The average Bonchev–Trinajstić information content (AvgIpc) is 2.69. The van der Waals surface area contributed by atoms with Crippen molar-refractivity contribution in [2.24, 2.45) is 0 Å². The van der Waals surface area contributed by atoms with Crippen LogP contribution in [0.15, 0.2) is 29.2 Å². The number of carbonyl (C=O) groups is 2. The van der Waals surface area contributed by atoms with Crippen LogP contribution in [0.2, 0.25) is 0 Å². The van der Waals surface area contributed by atoms with E-state index in [-0.39, 0.29) is 29.6 Å². The van der Waals surface area contributed by atoms with Crippen LogP contribution in [0.1, 0.15) is 36.5 Å². The molecular weight excluding hydrogens is 392 g/mol. The number of piperazine rings is 1. The Bertz CT molecular complexity index is 772. The highest BCUT2D eigenvalue weighted by Crippen LogP contribution is 2.11. The Morgan fingerprint density at radius 1 is 1.00 bits per heavy atom. The maximum absolute atomic E-state index is 12.2. The molecule has 0 bridgehead atoms. The first-order chi connectivity index (χ1) is 13.8. The largest absolute Gasteiger partial charge is 0.356 e. The smallest absolute Gasteiger partial charge is 0.240 e. The van der Waals surface area contributed by atoms with E-state index in [0.29, 0.717) is 12.1 Å². The van der Waals surface area contributed by atoms with E-state index in [2.05, 4.69) is 26.9 Å². The zero-order chi connectivity index (χ0) is 21.3. The van der Waals surface area contributed by atoms with Gasteiger partial charge in [0.2, 0.25) is 15.9 Å². The topological polar surface area (TPSA) is 98.8 Å². The number of nitrogens with one attached hydrogen (secondary N) is 2. The van der Waals surface area contributed by atoms with Crippen LogP contribution >= 0.6 is 0 Å². The lowest BCUT2D eigenvalue weighted by molar-refractivity contribution is -0.120. The summed E-state index contributed by atoms with van der Waals surface area (Å²) in [5, 5.41) is 2.84. The van der Waals surface area contributed by atoms with Gasteiger partial charge in [-0.3, -0.25) is 9.59 Å². The second kappa shape index (κ2) is 11.4. The van der Waals surface area contributed by atoms with E-state index in [1.807, 2.05) is 0 Å². The molecule has 2 N–H and O–H groups in total. The summed E-state index contributed by atoms with van der Waals surface area (Å²) in [5.74, 6) is -0.290. The van der Waals surface area contributed by atoms with E-state index in [0.717, 1.165) is 45.6 Å². The predicted molar refractivity (Wildman–Crippen MR) is 112 cm³/mol. The third kappa shape index (κ3) is 8.22. The van der Waals surface area contributed by atoms with E-state index < -0.39 is 10.0 Å². The number of likely N-dealkylation sites (N-methyl/N-ethyl adjacent to an activating group) is 1. The fraction of sp³-hybridized carbons (Fsp3) is 0.600. The second-order valence-electron chi connectivity index (χ2n) is 7.43. The predicted octanol–water partition coefficient (Wildman–Crippen LogP) is 0.701. The third-order valence-electron chi connectivity index (χ3n) is 5.03. The molecule has 0 saturated carbocycles. The van der Waals surface area contributed by atoms with Crippen molar-refractivity contribution in [3.63, 3.8) is 0 Å². The Balaban J connectivity index is 1.59. The maximum atomic E-state index is 12.2. The molecule has 0 atom stereocenters. The standard InChI is InChI=1S/C20H32N4O4S/c1-17(25)18-5-7-19(8-6-18)29(27,28)22-11-9-20(26)21-10-3-4-12-24-15-13-23(2)14-16-24/h5-8,22H,3-4,9-16H2,1-2H3,(H,21,26). The molecule has 0 spiro atoms. The molecule has 0 unspecified atom stereocenters. The number of amides is 1. The number of hydrogen-bond donors (Lipinski definition) is 2. The Kier molecular flexibility index (Phi) is 9.22. The van der Waals surface area contributed by atoms with Crippen LogP contribution < -0.4 is 10.0 Å². The summed E-state index contributed by atoms with van der Waals surface area (Å²) in [7, 11) is -1.56. The Hall–Kier alpha value is -1.81. The molecule has 29 heavy (non-hydrogen) atoms. The molecule has 1 amide bonds. The fourth-order valence-electron chi connectivity index (χ4n) is 3.10. The quantitative estimate of drug-likeness (QED) is 0.401. The third-order valence-corrected chi connectivity index (χ3v) is 6.51. The van der Waals surface area contributed by atoms with Gasteiger partial charge in [0.1, 0.15) is 0 Å². The highest BCUT2D eigenvalue weighted by atomic mass is 32.2. The average molecular weight is 425 g/mol. The molecule has 1 aliphatic rings. The number of carbonyl (C=O) groups excluding carboxylic acids is 2. The Morgan fingerprint density at radius 3 is 2.28 bits per heavy atom. The molecule has 8 nitrogen and oxygen atoms in total. The van der Waals surface area contributed by atoms with Gasteiger partial charge in [-0.1, -0.05) is 12.1 Å². The van der Waals surface area contributed by atoms with E-state index in [1.165, 1.54) is 31.2 Å². The van der Waals surface area contributed by atoms with Gasteiger partial charge in [0, 0.05) is 51.3 Å². The molecule has 2 rings (SSSR count). The summed E-state index contributed by atoms with van der Waals surface area (Å²) in [6, 6.07) is 5.73. The van der Waals surface area contributed by atoms with Gasteiger partial charge in [0.05, 0.1) is 4.90 Å². The maximum Gasteiger partial charge on any atom is 0.240 e. The number of ketones is 1. The number of hydrogen-bond acceptors (Lipinski definition) is 6. The highest BCUT2D eigenvalue weighted by Gasteiger charge is 2.15. The fourth-order valence-corrected chi connectivity index (χ4v) is 4.13. The molecule has 1 aromatic rings. The second-order valence-corrected chi connectivity index (χ2v) is 9.20. The number of unbranched alkanes of at least 4 members (excludes halogenated alkanes) is 1. The first-order valence-corrected chi connectivity index (χ1v) is 11.5. The summed E-state index contributed by atoms with van der Waals surface area (Å²) in [5.41, 5.74) is 0.455. The number of rotatable bonds is 11. The molecule has 162 valence electrons. The van der Waals surface area contributed by atoms with Gasteiger partial charge in [-0.05, 0) is 45.5 Å². The number of sulfonamides is 1. The number of nitrogens with zero attached hydrogens (tertiary/aromatic N) is 2. The minimum atomic E-state index is -3.69. The van der Waals surface area contributed by atoms with Gasteiger partial charge in [-0.2, -0.15) is 0 Å². The molecule has 1 aliphatic heterocycles. The van der Waals surface area contributed by atoms with Crippen molar-refractivity contribution in [2.45, 2.75) is 31.1 Å². The lowest BCUT2D eigenvalue weighted by atomic mass is 10.2. The zero-order valence-corrected chi connectivity index (χ0v) is 18.1. The van der Waals surface area contributed by atoms with E-state index in [1.54, 1.807) is 0 Å². The van der Waals surface area contributed by atoms with Gasteiger partial charge in [0.25, 0.3) is 0 Å². The molecule has 1 fully saturated rings. The monoisotopic (exact) mass is 424 g/mol. The van der Waals surface area contributed by atoms with E-state index in [4.69, 9.17) is 0 Å². The number of benzene rings is 1. The lowest BCUT2D eigenvalue weighted by Gasteiger charge is -2.32. The SMILES string of the molecule is CC(=O)c1ccc(S(=O)(=O)NCCC(=O)NCCCCN2CCN(C)CC2)cc1. The minimum absolute atomic E-state index is 0.0317. The van der Waals surface area contributed by atoms with Crippen molar-refractivity contribution < 1.29 is 18.0 Å². The summed E-state index contributed by atoms with van der Waals surface area (Å²) in [6.07, 6.45) is 2.03. The van der Waals surface area contributed by atoms with Crippen LogP contribution in [0, 0.1) is 0 Å². The first kappa shape index (κ1) is 23.5. The summed E-state index contributed by atoms with van der Waals surface area (Å²) < 4.78 is 26.9. The van der Waals surface area contributed by atoms with Crippen LogP contribution in [0.3, 0.4) is 0 Å². The van der Waals surface area contributed by atoms with Crippen molar-refractivity contribution in [1.82, 2.24) is 19.8 Å². The van der Waals surface area contributed by atoms with Crippen LogP contribution in [0.5, 0.6) is 0 Å². The van der Waals surface area contributed by atoms with Crippen molar-refractivity contribution in [1.29, 1.82) is 0 Å². The summed E-state index contributed by atoms with van der Waals surface area (Å²) in [4.78, 5) is 28.0. The summed E-state index contributed by atoms with van der Waals surface area (Å²) in [6.45, 7) is 7.51. The van der Waals surface area contributed by atoms with Crippen molar-refractivity contribution in [3.8, 4) is 0 Å². The van der Waals surface area contributed by atoms with Crippen LogP contribution in [0.25, 0.3) is 0 Å². The van der Waals surface area contributed by atoms with Gasteiger partial charge >= 0.3 is 0 Å². The van der Waals surface area contributed by atoms with Gasteiger partial charge in [0.15, 0.2) is 5.78 Å².